The molecule has 4 amide bonds. The lowest BCUT2D eigenvalue weighted by Gasteiger charge is -2.28. The van der Waals surface area contributed by atoms with E-state index in [4.69, 9.17) is 0 Å². The highest BCUT2D eigenvalue weighted by Crippen LogP contribution is 2.31. The Morgan fingerprint density at radius 2 is 1.40 bits per heavy atom. The molecule has 1 aliphatic rings. The first-order valence-electron chi connectivity index (χ1n) is 14.3. The van der Waals surface area contributed by atoms with Crippen LogP contribution in [-0.2, 0) is 20.8 Å². The first-order valence-corrected chi connectivity index (χ1v) is 15.1. The topological polar surface area (TPSA) is 133 Å². The third-order valence-electron chi connectivity index (χ3n) is 6.75. The summed E-state index contributed by atoms with van der Waals surface area (Å²) in [6.07, 6.45) is 1.23. The summed E-state index contributed by atoms with van der Waals surface area (Å²) >= 11 is 1.45. The number of carboxylic acids is 1. The van der Waals surface area contributed by atoms with Crippen LogP contribution < -0.4 is 10.6 Å². The number of amides is 4. The standard InChI is InChI=1S/C32H41N3O6S/c1-20(2)18-24(27(36)34-25(31(40)41)19-21-12-7-6-8-13-21)33-28(37)26(42-32(3,4)5)16-11-17-35-29(38)22-14-9-10-15-23(22)30(35)39/h6-10,12-15,20,24-26H,11,16-19H2,1-5H3,(H,33,37)(H,34,36)(H,40,41)/t24?,25-,26?/m0/s1. The van der Waals surface area contributed by atoms with Crippen molar-refractivity contribution < 1.29 is 29.1 Å². The van der Waals surface area contributed by atoms with E-state index in [2.05, 4.69) is 10.6 Å². The van der Waals surface area contributed by atoms with Crippen molar-refractivity contribution in [2.75, 3.05) is 6.54 Å². The second-order valence-electron chi connectivity index (χ2n) is 11.9. The monoisotopic (exact) mass is 595 g/mol. The SMILES string of the molecule is CC(C)CC(NC(=O)C(CCCN1C(=O)c2ccccc2C1=O)SC(C)(C)C)C(=O)N[C@@H](Cc1ccccc1)C(=O)O. The number of hydrogen-bond donors (Lipinski definition) is 3. The lowest BCUT2D eigenvalue weighted by Crippen LogP contribution is -2.54. The van der Waals surface area contributed by atoms with Gasteiger partial charge < -0.3 is 15.7 Å². The number of carboxylic acid groups (broad SMARTS) is 1. The second kappa shape index (κ2) is 14.5. The number of hydrogen-bond acceptors (Lipinski definition) is 6. The van der Waals surface area contributed by atoms with Crippen LogP contribution >= 0.6 is 11.8 Å². The molecule has 0 bridgehead atoms. The van der Waals surface area contributed by atoms with Crippen LogP contribution in [0, 0.1) is 5.92 Å². The van der Waals surface area contributed by atoms with Crippen molar-refractivity contribution in [1.29, 1.82) is 0 Å². The normalized spacial score (nSPS) is 15.2. The van der Waals surface area contributed by atoms with E-state index >= 15 is 0 Å². The Morgan fingerprint density at radius 3 is 1.93 bits per heavy atom. The summed E-state index contributed by atoms with van der Waals surface area (Å²) in [5, 5.41) is 14.7. The highest BCUT2D eigenvalue weighted by Gasteiger charge is 2.36. The average Bonchev–Trinajstić information content (AvgIpc) is 3.16. The van der Waals surface area contributed by atoms with E-state index in [1.165, 1.54) is 16.7 Å². The molecular formula is C32H41N3O6S. The molecule has 9 nitrogen and oxygen atoms in total. The zero-order valence-electron chi connectivity index (χ0n) is 24.9. The zero-order valence-corrected chi connectivity index (χ0v) is 25.7. The summed E-state index contributed by atoms with van der Waals surface area (Å²) in [6, 6.07) is 13.7. The minimum atomic E-state index is -1.16. The smallest absolute Gasteiger partial charge is 0.326 e. The second-order valence-corrected chi connectivity index (χ2v) is 14.0. The first kappa shape index (κ1) is 32.8. The lowest BCUT2D eigenvalue weighted by atomic mass is 10.0. The van der Waals surface area contributed by atoms with Crippen molar-refractivity contribution in [3.05, 3.63) is 71.3 Å². The van der Waals surface area contributed by atoms with E-state index in [1.54, 1.807) is 48.5 Å². The molecule has 0 radical (unpaired) electrons. The van der Waals surface area contributed by atoms with Crippen LogP contribution in [0.15, 0.2) is 54.6 Å². The highest BCUT2D eigenvalue weighted by molar-refractivity contribution is 8.01. The number of fused-ring (bicyclic) bond motifs is 1. The van der Waals surface area contributed by atoms with Gasteiger partial charge in [0.1, 0.15) is 12.1 Å². The molecule has 226 valence electrons. The summed E-state index contributed by atoms with van der Waals surface area (Å²) in [7, 11) is 0. The Hall–Kier alpha value is -3.66. The Morgan fingerprint density at radius 1 is 0.857 bits per heavy atom. The van der Waals surface area contributed by atoms with Crippen LogP contribution in [-0.4, -0.2) is 68.2 Å². The molecule has 10 heteroatoms. The number of imide groups is 1. The fourth-order valence-corrected chi connectivity index (χ4v) is 6.15. The Bertz CT molecular complexity index is 1260. The number of rotatable bonds is 14. The predicted molar refractivity (Wildman–Crippen MR) is 163 cm³/mol. The van der Waals surface area contributed by atoms with E-state index in [9.17, 15) is 29.1 Å². The Labute approximate surface area is 251 Å². The average molecular weight is 596 g/mol. The molecule has 2 aromatic carbocycles. The first-order chi connectivity index (χ1) is 19.8. The Balaban J connectivity index is 1.68. The molecule has 3 atom stereocenters. The molecule has 3 N–H and O–H groups in total. The van der Waals surface area contributed by atoms with Gasteiger partial charge in [-0.3, -0.25) is 24.1 Å². The van der Waals surface area contributed by atoms with Crippen molar-refractivity contribution in [3.8, 4) is 0 Å². The van der Waals surface area contributed by atoms with E-state index in [-0.39, 0.29) is 41.4 Å². The van der Waals surface area contributed by atoms with Crippen LogP contribution in [0.5, 0.6) is 0 Å². The maximum atomic E-state index is 13.6. The molecule has 3 rings (SSSR count). The van der Waals surface area contributed by atoms with Gasteiger partial charge in [-0.15, -0.1) is 11.8 Å². The number of carbonyl (C=O) groups is 5. The minimum Gasteiger partial charge on any atom is -0.480 e. The zero-order chi connectivity index (χ0) is 31.0. The van der Waals surface area contributed by atoms with Gasteiger partial charge in [-0.25, -0.2) is 4.79 Å². The molecule has 1 aliphatic heterocycles. The van der Waals surface area contributed by atoms with Gasteiger partial charge in [0.25, 0.3) is 11.8 Å². The van der Waals surface area contributed by atoms with Gasteiger partial charge in [0.15, 0.2) is 0 Å². The van der Waals surface area contributed by atoms with Crippen molar-refractivity contribution in [1.82, 2.24) is 15.5 Å². The molecule has 42 heavy (non-hydrogen) atoms. The van der Waals surface area contributed by atoms with E-state index in [0.717, 1.165) is 5.56 Å². The van der Waals surface area contributed by atoms with Crippen LogP contribution in [0.25, 0.3) is 0 Å². The highest BCUT2D eigenvalue weighted by atomic mass is 32.2. The third kappa shape index (κ3) is 9.17. The Kier molecular flexibility index (Phi) is 11.3. The molecule has 2 unspecified atom stereocenters. The maximum absolute atomic E-state index is 13.6. The molecule has 0 aliphatic carbocycles. The molecule has 0 spiro atoms. The van der Waals surface area contributed by atoms with Gasteiger partial charge in [-0.05, 0) is 42.9 Å². The molecular weight excluding hydrogens is 554 g/mol. The molecule has 1 heterocycles. The van der Waals surface area contributed by atoms with Crippen LogP contribution in [0.1, 0.15) is 80.2 Å². The van der Waals surface area contributed by atoms with Gasteiger partial charge in [-0.1, -0.05) is 77.1 Å². The fraction of sp³-hybridized carbons (Fsp3) is 0.469. The lowest BCUT2D eigenvalue weighted by molar-refractivity contribution is -0.142. The predicted octanol–water partition coefficient (Wildman–Crippen LogP) is 4.31. The van der Waals surface area contributed by atoms with Crippen molar-refractivity contribution in [2.24, 2.45) is 5.92 Å². The number of benzene rings is 2. The largest absolute Gasteiger partial charge is 0.480 e. The quantitative estimate of drug-likeness (QED) is 0.277. The minimum absolute atomic E-state index is 0.0565. The summed E-state index contributed by atoms with van der Waals surface area (Å²) in [5.41, 5.74) is 1.54. The number of nitrogens with one attached hydrogen (secondary N) is 2. The number of carbonyl (C=O) groups excluding carboxylic acids is 4. The number of thioether (sulfide) groups is 1. The molecule has 2 aromatic rings. The van der Waals surface area contributed by atoms with Gasteiger partial charge in [-0.2, -0.15) is 0 Å². The van der Waals surface area contributed by atoms with Crippen LogP contribution in [0.4, 0.5) is 0 Å². The summed E-state index contributed by atoms with van der Waals surface area (Å²) in [6.45, 7) is 9.99. The van der Waals surface area contributed by atoms with Crippen molar-refractivity contribution >= 4 is 41.4 Å². The van der Waals surface area contributed by atoms with E-state index < -0.39 is 29.2 Å². The van der Waals surface area contributed by atoms with Gasteiger partial charge in [0, 0.05) is 17.7 Å². The van der Waals surface area contributed by atoms with Crippen molar-refractivity contribution in [3.63, 3.8) is 0 Å². The molecule has 0 aromatic heterocycles. The maximum Gasteiger partial charge on any atom is 0.326 e. The molecule has 0 saturated heterocycles. The number of nitrogens with zero attached hydrogens (tertiary/aromatic N) is 1. The molecule has 0 saturated carbocycles. The molecule has 0 fully saturated rings. The van der Waals surface area contributed by atoms with Gasteiger partial charge in [0.2, 0.25) is 11.8 Å². The van der Waals surface area contributed by atoms with Crippen molar-refractivity contribution in [2.45, 2.75) is 82.4 Å². The number of aliphatic carboxylic acids is 1. The van der Waals surface area contributed by atoms with Gasteiger partial charge in [0.05, 0.1) is 16.4 Å². The summed E-state index contributed by atoms with van der Waals surface area (Å²) in [4.78, 5) is 65.6. The van der Waals surface area contributed by atoms with Crippen LogP contribution in [0.2, 0.25) is 0 Å². The fourth-order valence-electron chi connectivity index (χ4n) is 4.84. The third-order valence-corrected chi connectivity index (χ3v) is 8.19. The van der Waals surface area contributed by atoms with Crippen LogP contribution in [0.3, 0.4) is 0 Å². The van der Waals surface area contributed by atoms with E-state index in [1.807, 2.05) is 40.7 Å². The van der Waals surface area contributed by atoms with Gasteiger partial charge >= 0.3 is 5.97 Å². The summed E-state index contributed by atoms with van der Waals surface area (Å²) < 4.78 is -0.280. The van der Waals surface area contributed by atoms with E-state index in [0.29, 0.717) is 30.4 Å². The summed E-state index contributed by atoms with van der Waals surface area (Å²) in [5.74, 6) is -2.66.